The van der Waals surface area contributed by atoms with Gasteiger partial charge in [-0.25, -0.2) is 4.79 Å². The molecule has 1 N–H and O–H groups in total. The molecule has 112 valence electrons. The van der Waals surface area contributed by atoms with Crippen molar-refractivity contribution in [2.75, 3.05) is 18.9 Å². The lowest BCUT2D eigenvalue weighted by Crippen LogP contribution is -2.29. The smallest absolute Gasteiger partial charge is 0.333 e. The largest absolute Gasteiger partial charge is 0.463 e. The van der Waals surface area contributed by atoms with Gasteiger partial charge in [-0.15, -0.1) is 0 Å². The van der Waals surface area contributed by atoms with Gasteiger partial charge >= 0.3 is 5.97 Å². The summed E-state index contributed by atoms with van der Waals surface area (Å²) in [5.41, 5.74) is 0.734. The number of hydrogen-bond acceptors (Lipinski definition) is 5. The van der Waals surface area contributed by atoms with E-state index in [4.69, 9.17) is 4.74 Å². The van der Waals surface area contributed by atoms with Crippen molar-refractivity contribution in [3.05, 3.63) is 47.0 Å². The number of aliphatic hydroxyl groups excluding tert-OH is 1. The van der Waals surface area contributed by atoms with E-state index in [0.29, 0.717) is 5.03 Å². The normalized spacial score (nSPS) is 18.1. The Hall–Kier alpha value is -1.79. The fourth-order valence-electron chi connectivity index (χ4n) is 1.96. The summed E-state index contributed by atoms with van der Waals surface area (Å²) in [6, 6.07) is 9.11. The topological polar surface area (TPSA) is 66.8 Å². The van der Waals surface area contributed by atoms with E-state index < -0.39 is 12.1 Å². The molecule has 1 fully saturated rings. The lowest BCUT2D eigenvalue weighted by Gasteiger charge is -2.21. The number of esters is 1. The fraction of sp³-hybridized carbons (Fsp3) is 0.333. The number of amides is 1. The van der Waals surface area contributed by atoms with Crippen molar-refractivity contribution in [1.82, 2.24) is 4.90 Å². The summed E-state index contributed by atoms with van der Waals surface area (Å²) in [7, 11) is 0. The van der Waals surface area contributed by atoms with Crippen molar-refractivity contribution < 1.29 is 19.4 Å². The summed E-state index contributed by atoms with van der Waals surface area (Å²) in [5.74, 6) is -0.327. The molecular formula is C15H17NO4S. The molecule has 0 spiro atoms. The van der Waals surface area contributed by atoms with E-state index >= 15 is 0 Å². The van der Waals surface area contributed by atoms with Crippen LogP contribution in [0.3, 0.4) is 0 Å². The number of ether oxygens (including phenoxy) is 1. The second kappa shape index (κ2) is 7.28. The molecule has 1 aliphatic heterocycles. The summed E-state index contributed by atoms with van der Waals surface area (Å²) in [5, 5.41) is 10.7. The summed E-state index contributed by atoms with van der Waals surface area (Å²) < 4.78 is 4.85. The van der Waals surface area contributed by atoms with Crippen molar-refractivity contribution in [1.29, 1.82) is 0 Å². The summed E-state index contributed by atoms with van der Waals surface area (Å²) >= 11 is 1.28. The van der Waals surface area contributed by atoms with Gasteiger partial charge in [-0.05, 0) is 12.5 Å². The number of β-amino-alcohol motifs (C(OH)–C–C–N with tert-alkyl or cyclic N) is 1. The molecule has 1 heterocycles. The predicted octanol–water partition coefficient (Wildman–Crippen LogP) is 1.70. The van der Waals surface area contributed by atoms with E-state index in [9.17, 15) is 14.7 Å². The molecule has 21 heavy (non-hydrogen) atoms. The van der Waals surface area contributed by atoms with Gasteiger partial charge in [-0.3, -0.25) is 4.79 Å². The highest BCUT2D eigenvalue weighted by molar-refractivity contribution is 8.04. The Balaban J connectivity index is 2.09. The number of hydrogen-bond donors (Lipinski definition) is 1. The first-order valence-electron chi connectivity index (χ1n) is 6.66. The van der Waals surface area contributed by atoms with E-state index in [1.54, 1.807) is 19.1 Å². The highest BCUT2D eigenvalue weighted by atomic mass is 32.2. The fourth-order valence-corrected chi connectivity index (χ4v) is 2.90. The Morgan fingerprint density at radius 1 is 1.48 bits per heavy atom. The van der Waals surface area contributed by atoms with E-state index in [-0.39, 0.29) is 24.8 Å². The molecule has 1 aliphatic rings. The zero-order chi connectivity index (χ0) is 15.2. The number of benzene rings is 1. The van der Waals surface area contributed by atoms with Crippen LogP contribution in [0.4, 0.5) is 0 Å². The number of thioether (sulfide) groups is 1. The van der Waals surface area contributed by atoms with Gasteiger partial charge in [-0.2, -0.15) is 0 Å². The van der Waals surface area contributed by atoms with Crippen LogP contribution in [0, 0.1) is 0 Å². The molecule has 0 bridgehead atoms. The first-order valence-corrected chi connectivity index (χ1v) is 7.65. The zero-order valence-corrected chi connectivity index (χ0v) is 12.5. The molecule has 0 saturated carbocycles. The minimum absolute atomic E-state index is 0.120. The quantitative estimate of drug-likeness (QED) is 0.662. The highest BCUT2D eigenvalue weighted by Gasteiger charge is 2.29. The molecule has 1 atom stereocenters. The monoisotopic (exact) mass is 307 g/mol. The first-order chi connectivity index (χ1) is 10.1. The molecule has 1 aromatic rings. The lowest BCUT2D eigenvalue weighted by molar-refractivity contribution is -0.137. The molecule has 1 aromatic carbocycles. The molecule has 0 radical (unpaired) electrons. The van der Waals surface area contributed by atoms with Crippen LogP contribution in [0.1, 0.15) is 18.6 Å². The van der Waals surface area contributed by atoms with Crippen LogP contribution in [0.2, 0.25) is 0 Å². The standard InChI is InChI=1S/C15H17NO4S/c1-2-20-15(19)8-14-16(13(18)10-21-14)9-12(17)11-6-4-3-5-7-11/h3-8,12,17H,2,9-10H2,1H3/b14-8-. The molecule has 1 amide bonds. The van der Waals surface area contributed by atoms with Gasteiger partial charge in [0.25, 0.3) is 0 Å². The van der Waals surface area contributed by atoms with Gasteiger partial charge in [0.1, 0.15) is 0 Å². The second-order valence-electron chi connectivity index (χ2n) is 4.45. The molecule has 5 nitrogen and oxygen atoms in total. The third kappa shape index (κ3) is 4.09. The van der Waals surface area contributed by atoms with Gasteiger partial charge in [-0.1, -0.05) is 42.1 Å². The van der Waals surface area contributed by atoms with Gasteiger partial charge in [0.2, 0.25) is 5.91 Å². The molecular weight excluding hydrogens is 290 g/mol. The van der Waals surface area contributed by atoms with Crippen molar-refractivity contribution in [3.63, 3.8) is 0 Å². The van der Waals surface area contributed by atoms with Crippen molar-refractivity contribution >= 4 is 23.6 Å². The Kier molecular flexibility index (Phi) is 5.41. The Morgan fingerprint density at radius 2 is 2.19 bits per heavy atom. The second-order valence-corrected chi connectivity index (χ2v) is 5.45. The maximum Gasteiger partial charge on any atom is 0.333 e. The summed E-state index contributed by atoms with van der Waals surface area (Å²) in [6.45, 7) is 2.13. The Bertz CT molecular complexity index is 544. The van der Waals surface area contributed by atoms with Crippen LogP contribution in [0.25, 0.3) is 0 Å². The van der Waals surface area contributed by atoms with E-state index in [2.05, 4.69) is 0 Å². The minimum atomic E-state index is -0.792. The molecule has 1 unspecified atom stereocenters. The van der Waals surface area contributed by atoms with Crippen LogP contribution >= 0.6 is 11.8 Å². The SMILES string of the molecule is CCOC(=O)/C=C1\SCC(=O)N1CC(O)c1ccccc1. The van der Waals surface area contributed by atoms with Crippen LogP contribution in [0.5, 0.6) is 0 Å². The van der Waals surface area contributed by atoms with Crippen molar-refractivity contribution in [3.8, 4) is 0 Å². The minimum Gasteiger partial charge on any atom is -0.463 e. The maximum absolute atomic E-state index is 11.9. The first kappa shape index (κ1) is 15.6. The highest BCUT2D eigenvalue weighted by Crippen LogP contribution is 2.30. The third-order valence-corrected chi connectivity index (χ3v) is 4.00. The number of aliphatic hydroxyl groups is 1. The zero-order valence-electron chi connectivity index (χ0n) is 11.7. The van der Waals surface area contributed by atoms with Crippen molar-refractivity contribution in [2.24, 2.45) is 0 Å². The number of carbonyl (C=O) groups is 2. The number of nitrogens with zero attached hydrogens (tertiary/aromatic N) is 1. The Labute approximate surface area is 127 Å². The molecule has 0 aliphatic carbocycles. The van der Waals surface area contributed by atoms with E-state index in [1.807, 2.05) is 18.2 Å². The third-order valence-electron chi connectivity index (χ3n) is 2.98. The van der Waals surface area contributed by atoms with Crippen molar-refractivity contribution in [2.45, 2.75) is 13.0 Å². The van der Waals surface area contributed by atoms with E-state index in [0.717, 1.165) is 5.56 Å². The van der Waals surface area contributed by atoms with Gasteiger partial charge in [0.05, 0.1) is 36.1 Å². The molecule has 2 rings (SSSR count). The lowest BCUT2D eigenvalue weighted by atomic mass is 10.1. The van der Waals surface area contributed by atoms with E-state index in [1.165, 1.54) is 22.7 Å². The van der Waals surface area contributed by atoms with Crippen LogP contribution in [-0.4, -0.2) is 40.8 Å². The number of carbonyl (C=O) groups excluding carboxylic acids is 2. The predicted molar refractivity (Wildman–Crippen MR) is 80.3 cm³/mol. The van der Waals surface area contributed by atoms with Gasteiger partial charge < -0.3 is 14.7 Å². The molecule has 1 saturated heterocycles. The average Bonchev–Trinajstić information content (AvgIpc) is 2.81. The molecule has 6 heteroatoms. The summed E-state index contributed by atoms with van der Waals surface area (Å²) in [6.07, 6.45) is 0.510. The van der Waals surface area contributed by atoms with Gasteiger partial charge in [0, 0.05) is 0 Å². The van der Waals surface area contributed by atoms with Crippen LogP contribution < -0.4 is 0 Å². The Morgan fingerprint density at radius 3 is 2.86 bits per heavy atom. The van der Waals surface area contributed by atoms with Crippen LogP contribution in [0.15, 0.2) is 41.4 Å². The number of rotatable bonds is 5. The maximum atomic E-state index is 11.9. The molecule has 0 aromatic heterocycles. The average molecular weight is 307 g/mol. The van der Waals surface area contributed by atoms with Crippen LogP contribution in [-0.2, 0) is 14.3 Å². The van der Waals surface area contributed by atoms with Gasteiger partial charge in [0.15, 0.2) is 0 Å². The summed E-state index contributed by atoms with van der Waals surface area (Å²) in [4.78, 5) is 24.8.